The number of thioether (sulfide) groups is 1. The van der Waals surface area contributed by atoms with Gasteiger partial charge in [0.2, 0.25) is 0 Å². The van der Waals surface area contributed by atoms with Crippen LogP contribution in [0.15, 0.2) is 10.5 Å². The van der Waals surface area contributed by atoms with Gasteiger partial charge in [-0.15, -0.1) is 0 Å². The standard InChI is InChI=1S/C10H16N2O3S/c1-7-8(6-16-4-2-3-13)5-9(15-7)10(14)12-11/h5,13H,2-4,6,11H2,1H3,(H,12,14). The maximum Gasteiger partial charge on any atom is 0.300 e. The highest BCUT2D eigenvalue weighted by molar-refractivity contribution is 7.98. The van der Waals surface area contributed by atoms with Gasteiger partial charge in [-0.25, -0.2) is 5.84 Å². The molecule has 0 radical (unpaired) electrons. The van der Waals surface area contributed by atoms with Crippen molar-refractivity contribution in [2.75, 3.05) is 12.4 Å². The van der Waals surface area contributed by atoms with E-state index in [0.717, 1.165) is 29.3 Å². The average Bonchev–Trinajstić information content (AvgIpc) is 2.65. The normalized spacial score (nSPS) is 10.4. The minimum Gasteiger partial charge on any atom is -0.456 e. The van der Waals surface area contributed by atoms with Crippen LogP contribution in [-0.4, -0.2) is 23.4 Å². The Balaban J connectivity index is 2.53. The largest absolute Gasteiger partial charge is 0.456 e. The highest BCUT2D eigenvalue weighted by atomic mass is 32.2. The number of aliphatic hydroxyl groups excluding tert-OH is 1. The summed E-state index contributed by atoms with van der Waals surface area (Å²) < 4.78 is 5.27. The number of carbonyl (C=O) groups is 1. The molecule has 0 unspecified atom stereocenters. The lowest BCUT2D eigenvalue weighted by Crippen LogP contribution is -2.29. The zero-order chi connectivity index (χ0) is 12.0. The molecule has 5 nitrogen and oxygen atoms in total. The number of furan rings is 1. The maximum absolute atomic E-state index is 11.2. The number of hydrogen-bond donors (Lipinski definition) is 3. The average molecular weight is 244 g/mol. The molecule has 0 aliphatic rings. The highest BCUT2D eigenvalue weighted by Gasteiger charge is 2.12. The van der Waals surface area contributed by atoms with Crippen LogP contribution in [-0.2, 0) is 5.75 Å². The molecule has 4 N–H and O–H groups in total. The smallest absolute Gasteiger partial charge is 0.300 e. The Morgan fingerprint density at radius 2 is 2.44 bits per heavy atom. The van der Waals surface area contributed by atoms with Crippen LogP contribution in [0.4, 0.5) is 0 Å². The molecular formula is C10H16N2O3S. The Morgan fingerprint density at radius 1 is 1.69 bits per heavy atom. The molecule has 0 saturated carbocycles. The fourth-order valence-electron chi connectivity index (χ4n) is 1.19. The number of nitrogens with two attached hydrogens (primary N) is 1. The minimum absolute atomic E-state index is 0.207. The third-order valence-electron chi connectivity index (χ3n) is 2.08. The Labute approximate surface area is 98.4 Å². The fraction of sp³-hybridized carbons (Fsp3) is 0.500. The second kappa shape index (κ2) is 6.57. The molecule has 0 bridgehead atoms. The lowest BCUT2D eigenvalue weighted by atomic mass is 10.3. The van der Waals surface area contributed by atoms with Gasteiger partial charge in [0.05, 0.1) is 0 Å². The number of rotatable bonds is 6. The van der Waals surface area contributed by atoms with Crippen molar-refractivity contribution < 1.29 is 14.3 Å². The molecule has 1 heterocycles. The van der Waals surface area contributed by atoms with Crippen molar-refractivity contribution in [2.24, 2.45) is 5.84 Å². The number of aryl methyl sites for hydroxylation is 1. The summed E-state index contributed by atoms with van der Waals surface area (Å²) in [7, 11) is 0. The Hall–Kier alpha value is -0.980. The summed E-state index contributed by atoms with van der Waals surface area (Å²) in [6, 6.07) is 1.70. The number of hydrogen-bond acceptors (Lipinski definition) is 5. The van der Waals surface area contributed by atoms with Gasteiger partial charge in [-0.1, -0.05) is 0 Å². The van der Waals surface area contributed by atoms with E-state index in [1.807, 2.05) is 12.3 Å². The molecule has 1 aromatic rings. The molecule has 0 aliphatic heterocycles. The van der Waals surface area contributed by atoms with Gasteiger partial charge in [0.15, 0.2) is 5.76 Å². The van der Waals surface area contributed by atoms with Gasteiger partial charge in [-0.05, 0) is 25.2 Å². The molecule has 0 aromatic carbocycles. The number of nitrogens with one attached hydrogen (secondary N) is 1. The molecular weight excluding hydrogens is 228 g/mol. The second-order valence-corrected chi connectivity index (χ2v) is 4.40. The van der Waals surface area contributed by atoms with Crippen LogP contribution in [0.5, 0.6) is 0 Å². The van der Waals surface area contributed by atoms with E-state index >= 15 is 0 Å². The van der Waals surface area contributed by atoms with Crippen LogP contribution in [0.3, 0.4) is 0 Å². The first-order chi connectivity index (χ1) is 7.69. The SMILES string of the molecule is Cc1oc(C(=O)NN)cc1CSCCCO. The van der Waals surface area contributed by atoms with Crippen LogP contribution >= 0.6 is 11.8 Å². The van der Waals surface area contributed by atoms with Gasteiger partial charge in [0, 0.05) is 17.9 Å². The molecule has 90 valence electrons. The summed E-state index contributed by atoms with van der Waals surface area (Å²) in [6.45, 7) is 2.02. The molecule has 0 saturated heterocycles. The molecule has 1 amide bonds. The third kappa shape index (κ3) is 3.55. The zero-order valence-corrected chi connectivity index (χ0v) is 9.97. The summed E-state index contributed by atoms with van der Waals surface area (Å²) in [5.74, 6) is 7.21. The number of hydrazine groups is 1. The number of aliphatic hydroxyl groups is 1. The molecule has 0 atom stereocenters. The molecule has 0 fully saturated rings. The van der Waals surface area contributed by atoms with Gasteiger partial charge in [0.1, 0.15) is 5.76 Å². The van der Waals surface area contributed by atoms with Crippen LogP contribution in [0.1, 0.15) is 28.3 Å². The van der Waals surface area contributed by atoms with E-state index in [-0.39, 0.29) is 12.4 Å². The number of amides is 1. The Morgan fingerprint density at radius 3 is 3.06 bits per heavy atom. The second-order valence-electron chi connectivity index (χ2n) is 3.30. The van der Waals surface area contributed by atoms with Crippen molar-refractivity contribution in [1.82, 2.24) is 5.43 Å². The molecule has 1 rings (SSSR count). The van der Waals surface area contributed by atoms with Gasteiger partial charge < -0.3 is 9.52 Å². The summed E-state index contributed by atoms with van der Waals surface area (Å²) in [4.78, 5) is 11.2. The third-order valence-corrected chi connectivity index (χ3v) is 3.17. The van der Waals surface area contributed by atoms with Crippen LogP contribution in [0.25, 0.3) is 0 Å². The molecule has 0 aliphatic carbocycles. The molecule has 0 spiro atoms. The van der Waals surface area contributed by atoms with Gasteiger partial charge in [-0.2, -0.15) is 11.8 Å². The highest BCUT2D eigenvalue weighted by Crippen LogP contribution is 2.20. The minimum atomic E-state index is -0.422. The molecule has 6 heteroatoms. The van der Waals surface area contributed by atoms with E-state index < -0.39 is 5.91 Å². The molecule has 1 aromatic heterocycles. The van der Waals surface area contributed by atoms with Crippen molar-refractivity contribution in [2.45, 2.75) is 19.1 Å². The topological polar surface area (TPSA) is 88.5 Å². The fourth-order valence-corrected chi connectivity index (χ4v) is 2.18. The first kappa shape index (κ1) is 13.1. The van der Waals surface area contributed by atoms with Crippen molar-refractivity contribution in [3.63, 3.8) is 0 Å². The van der Waals surface area contributed by atoms with Crippen LogP contribution < -0.4 is 11.3 Å². The van der Waals surface area contributed by atoms with E-state index in [1.165, 1.54) is 0 Å². The summed E-state index contributed by atoms with van der Waals surface area (Å²) in [5.41, 5.74) is 3.01. The Bertz CT molecular complexity index is 352. The van der Waals surface area contributed by atoms with E-state index in [4.69, 9.17) is 15.4 Å². The zero-order valence-electron chi connectivity index (χ0n) is 9.16. The summed E-state index contributed by atoms with van der Waals surface area (Å²) in [6.07, 6.45) is 0.776. The lowest BCUT2D eigenvalue weighted by Gasteiger charge is -1.97. The van der Waals surface area contributed by atoms with Crippen molar-refractivity contribution in [3.05, 3.63) is 23.2 Å². The monoisotopic (exact) mass is 244 g/mol. The maximum atomic E-state index is 11.2. The van der Waals surface area contributed by atoms with Crippen molar-refractivity contribution in [1.29, 1.82) is 0 Å². The van der Waals surface area contributed by atoms with Crippen molar-refractivity contribution >= 4 is 17.7 Å². The van der Waals surface area contributed by atoms with Crippen molar-refractivity contribution in [3.8, 4) is 0 Å². The predicted octanol–water partition coefficient (Wildman–Crippen LogP) is 0.807. The first-order valence-electron chi connectivity index (χ1n) is 4.98. The summed E-state index contributed by atoms with van der Waals surface area (Å²) in [5, 5.41) is 8.63. The Kier molecular flexibility index (Phi) is 5.37. The number of nitrogen functional groups attached to an aromatic ring is 1. The van der Waals surface area contributed by atoms with Gasteiger partial charge in [0.25, 0.3) is 0 Å². The quantitative estimate of drug-likeness (QED) is 0.298. The lowest BCUT2D eigenvalue weighted by molar-refractivity contribution is 0.0924. The van der Waals surface area contributed by atoms with Gasteiger partial charge >= 0.3 is 5.91 Å². The van der Waals surface area contributed by atoms with E-state index in [2.05, 4.69) is 0 Å². The van der Waals surface area contributed by atoms with Gasteiger partial charge in [-0.3, -0.25) is 10.2 Å². The van der Waals surface area contributed by atoms with E-state index in [1.54, 1.807) is 17.8 Å². The van der Waals surface area contributed by atoms with Crippen LogP contribution in [0.2, 0.25) is 0 Å². The van der Waals surface area contributed by atoms with Crippen LogP contribution in [0, 0.1) is 6.92 Å². The predicted molar refractivity (Wildman–Crippen MR) is 63.0 cm³/mol. The summed E-state index contributed by atoms with van der Waals surface area (Å²) >= 11 is 1.69. The first-order valence-corrected chi connectivity index (χ1v) is 6.13. The number of carbonyl (C=O) groups excluding carboxylic acids is 1. The van der Waals surface area contributed by atoms with E-state index in [0.29, 0.717) is 0 Å². The van der Waals surface area contributed by atoms with E-state index in [9.17, 15) is 4.79 Å². The molecule has 16 heavy (non-hydrogen) atoms.